The van der Waals surface area contributed by atoms with Crippen LogP contribution in [-0.2, 0) is 16.8 Å². The summed E-state index contributed by atoms with van der Waals surface area (Å²) in [6.07, 6.45) is 2.23. The molecule has 2 aliphatic rings. The number of fused-ring (bicyclic) bond motifs is 2. The van der Waals surface area contributed by atoms with Gasteiger partial charge in [-0.15, -0.1) is 0 Å². The second-order valence-electron chi connectivity index (χ2n) is 5.80. The van der Waals surface area contributed by atoms with Crippen LogP contribution in [-0.4, -0.2) is 13.1 Å². The van der Waals surface area contributed by atoms with Crippen molar-refractivity contribution in [1.29, 1.82) is 0 Å². The molecule has 0 aromatic heterocycles. The van der Waals surface area contributed by atoms with Crippen LogP contribution >= 0.6 is 0 Å². The van der Waals surface area contributed by atoms with Gasteiger partial charge in [0.1, 0.15) is 5.60 Å². The van der Waals surface area contributed by atoms with E-state index in [1.54, 1.807) is 0 Å². The van der Waals surface area contributed by atoms with E-state index in [1.165, 1.54) is 16.7 Å². The van der Waals surface area contributed by atoms with Crippen molar-refractivity contribution in [1.82, 2.24) is 5.32 Å². The quantitative estimate of drug-likeness (QED) is 0.900. The minimum absolute atomic E-state index is 0.0873. The van der Waals surface area contributed by atoms with E-state index in [1.807, 2.05) is 0 Å². The third-order valence-electron chi connectivity index (χ3n) is 4.55. The van der Waals surface area contributed by atoms with Crippen molar-refractivity contribution in [3.63, 3.8) is 0 Å². The predicted octanol–water partition coefficient (Wildman–Crippen LogP) is 3.19. The Hall–Kier alpha value is -1.64. The molecule has 4 rings (SSSR count). The van der Waals surface area contributed by atoms with Crippen LogP contribution in [0.2, 0.25) is 0 Å². The summed E-state index contributed by atoms with van der Waals surface area (Å²) in [5, 5.41) is 3.46. The van der Waals surface area contributed by atoms with Crippen LogP contribution in [0.15, 0.2) is 54.6 Å². The number of hydrogen-bond donors (Lipinski definition) is 1. The van der Waals surface area contributed by atoms with Gasteiger partial charge in [-0.05, 0) is 29.7 Å². The van der Waals surface area contributed by atoms with E-state index in [-0.39, 0.29) is 11.7 Å². The summed E-state index contributed by atoms with van der Waals surface area (Å²) in [5.41, 5.74) is 4.03. The fourth-order valence-electron chi connectivity index (χ4n) is 3.57. The van der Waals surface area contributed by atoms with Crippen molar-refractivity contribution in [2.75, 3.05) is 13.1 Å². The largest absolute Gasteiger partial charge is 0.361 e. The molecule has 0 radical (unpaired) electrons. The van der Waals surface area contributed by atoms with Crippen molar-refractivity contribution in [2.45, 2.75) is 24.5 Å². The molecule has 2 aliphatic heterocycles. The summed E-state index contributed by atoms with van der Waals surface area (Å²) in [6.45, 7) is 1.99. The molecule has 1 N–H and O–H groups in total. The molecule has 2 atom stereocenters. The summed E-state index contributed by atoms with van der Waals surface area (Å²) < 4.78 is 6.52. The molecular weight excluding hydrogens is 246 g/mol. The van der Waals surface area contributed by atoms with Crippen molar-refractivity contribution < 1.29 is 4.74 Å². The molecule has 1 saturated heterocycles. The summed E-state index contributed by atoms with van der Waals surface area (Å²) >= 11 is 0. The predicted molar refractivity (Wildman–Crippen MR) is 79.6 cm³/mol. The topological polar surface area (TPSA) is 21.3 Å². The molecular formula is C18H19NO. The van der Waals surface area contributed by atoms with E-state index in [0.29, 0.717) is 0 Å². The van der Waals surface area contributed by atoms with Gasteiger partial charge in [0.2, 0.25) is 0 Å². The summed E-state index contributed by atoms with van der Waals surface area (Å²) in [7, 11) is 0. The first-order chi connectivity index (χ1) is 9.87. The fourth-order valence-corrected chi connectivity index (χ4v) is 3.57. The van der Waals surface area contributed by atoms with E-state index < -0.39 is 0 Å². The van der Waals surface area contributed by atoms with E-state index in [0.717, 1.165) is 25.9 Å². The highest BCUT2D eigenvalue weighted by Crippen LogP contribution is 2.47. The van der Waals surface area contributed by atoms with Crippen molar-refractivity contribution in [3.05, 3.63) is 71.3 Å². The molecule has 0 bridgehead atoms. The Labute approximate surface area is 119 Å². The third kappa shape index (κ3) is 1.88. The normalized spacial score (nSPS) is 27.9. The molecule has 2 nitrogen and oxygen atoms in total. The second-order valence-corrected chi connectivity index (χ2v) is 5.80. The van der Waals surface area contributed by atoms with Gasteiger partial charge in [0.25, 0.3) is 0 Å². The smallest absolute Gasteiger partial charge is 0.108 e. The zero-order valence-electron chi connectivity index (χ0n) is 11.5. The van der Waals surface area contributed by atoms with Crippen LogP contribution in [0.1, 0.15) is 29.2 Å². The lowest BCUT2D eigenvalue weighted by molar-refractivity contribution is -0.0631. The molecule has 1 unspecified atom stereocenters. The van der Waals surface area contributed by atoms with Crippen LogP contribution in [0.3, 0.4) is 0 Å². The lowest BCUT2D eigenvalue weighted by Gasteiger charge is -2.24. The number of rotatable bonds is 2. The fraction of sp³-hybridized carbons (Fsp3) is 0.333. The molecule has 0 amide bonds. The molecule has 0 saturated carbocycles. The highest BCUT2D eigenvalue weighted by molar-refractivity contribution is 5.40. The van der Waals surface area contributed by atoms with E-state index in [9.17, 15) is 0 Å². The molecule has 2 aromatic carbocycles. The maximum Gasteiger partial charge on any atom is 0.108 e. The summed E-state index contributed by atoms with van der Waals surface area (Å²) in [6, 6.07) is 19.4. The van der Waals surface area contributed by atoms with Crippen molar-refractivity contribution in [2.24, 2.45) is 0 Å². The van der Waals surface area contributed by atoms with Gasteiger partial charge in [-0.2, -0.15) is 0 Å². The highest BCUT2D eigenvalue weighted by Gasteiger charge is 2.46. The van der Waals surface area contributed by atoms with Gasteiger partial charge in [-0.1, -0.05) is 54.6 Å². The highest BCUT2D eigenvalue weighted by atomic mass is 16.5. The lowest BCUT2D eigenvalue weighted by atomic mass is 9.90. The Morgan fingerprint density at radius 1 is 1.05 bits per heavy atom. The van der Waals surface area contributed by atoms with Gasteiger partial charge < -0.3 is 10.1 Å². The first kappa shape index (κ1) is 12.1. The molecule has 2 heterocycles. The Kier molecular flexibility index (Phi) is 2.86. The zero-order chi connectivity index (χ0) is 13.4. The van der Waals surface area contributed by atoms with Gasteiger partial charge in [0.05, 0.1) is 6.10 Å². The van der Waals surface area contributed by atoms with Gasteiger partial charge >= 0.3 is 0 Å². The second kappa shape index (κ2) is 4.72. The van der Waals surface area contributed by atoms with Crippen LogP contribution in [0, 0.1) is 0 Å². The maximum absolute atomic E-state index is 6.52. The van der Waals surface area contributed by atoms with Crippen LogP contribution < -0.4 is 5.32 Å². The standard InChI is InChI=1S/C18H19NO/c1-2-6-14(7-3-1)12-17-15-8-4-5-9-16(15)18(20-17)10-11-19-13-18/h1-9,17,19H,10-13H2/t17?,18-/m0/s1. The molecule has 20 heavy (non-hydrogen) atoms. The summed E-state index contributed by atoms with van der Waals surface area (Å²) in [4.78, 5) is 0. The SMILES string of the molecule is c1ccc(CC2O[C@]3(CCNC3)c3ccccc32)cc1. The average Bonchev–Trinajstić information content (AvgIpc) is 3.08. The Balaban J connectivity index is 1.69. The summed E-state index contributed by atoms with van der Waals surface area (Å²) in [5.74, 6) is 0. The molecule has 0 aliphatic carbocycles. The first-order valence-electron chi connectivity index (χ1n) is 7.39. The van der Waals surface area contributed by atoms with Crippen LogP contribution in [0.25, 0.3) is 0 Å². The number of ether oxygens (including phenoxy) is 1. The Morgan fingerprint density at radius 3 is 2.65 bits per heavy atom. The van der Waals surface area contributed by atoms with E-state index in [2.05, 4.69) is 59.9 Å². The zero-order valence-corrected chi connectivity index (χ0v) is 11.5. The lowest BCUT2D eigenvalue weighted by Crippen LogP contribution is -2.28. The minimum atomic E-state index is -0.0873. The van der Waals surface area contributed by atoms with Gasteiger partial charge in [-0.25, -0.2) is 0 Å². The van der Waals surface area contributed by atoms with Crippen molar-refractivity contribution >= 4 is 0 Å². The third-order valence-corrected chi connectivity index (χ3v) is 4.55. The number of benzene rings is 2. The Bertz CT molecular complexity index is 602. The molecule has 1 fully saturated rings. The van der Waals surface area contributed by atoms with E-state index >= 15 is 0 Å². The monoisotopic (exact) mass is 265 g/mol. The van der Waals surface area contributed by atoms with Gasteiger partial charge in [0.15, 0.2) is 0 Å². The molecule has 1 spiro atoms. The molecule has 2 aromatic rings. The molecule has 2 heteroatoms. The molecule has 102 valence electrons. The maximum atomic E-state index is 6.52. The van der Waals surface area contributed by atoms with Crippen LogP contribution in [0.5, 0.6) is 0 Å². The van der Waals surface area contributed by atoms with E-state index in [4.69, 9.17) is 4.74 Å². The average molecular weight is 265 g/mol. The number of nitrogens with one attached hydrogen (secondary N) is 1. The van der Waals surface area contributed by atoms with Gasteiger partial charge in [-0.3, -0.25) is 0 Å². The van der Waals surface area contributed by atoms with Crippen LogP contribution in [0.4, 0.5) is 0 Å². The Morgan fingerprint density at radius 2 is 1.85 bits per heavy atom. The number of hydrogen-bond acceptors (Lipinski definition) is 2. The van der Waals surface area contributed by atoms with Crippen molar-refractivity contribution in [3.8, 4) is 0 Å². The minimum Gasteiger partial charge on any atom is -0.361 e. The first-order valence-corrected chi connectivity index (χ1v) is 7.39. The van der Waals surface area contributed by atoms with Gasteiger partial charge in [0, 0.05) is 13.0 Å².